The van der Waals surface area contributed by atoms with Crippen LogP contribution in [0.5, 0.6) is 11.5 Å². The van der Waals surface area contributed by atoms with Crippen molar-refractivity contribution in [3.63, 3.8) is 0 Å². The van der Waals surface area contributed by atoms with Gasteiger partial charge in [-0.2, -0.15) is 0 Å². The molecule has 1 aromatic heterocycles. The second kappa shape index (κ2) is 8.75. The van der Waals surface area contributed by atoms with E-state index >= 15 is 0 Å². The Balaban J connectivity index is 1.40. The highest BCUT2D eigenvalue weighted by molar-refractivity contribution is 5.96. The number of anilines is 1. The minimum atomic E-state index is 0.0290. The van der Waals surface area contributed by atoms with E-state index in [9.17, 15) is 4.79 Å². The average molecular weight is 428 g/mol. The van der Waals surface area contributed by atoms with E-state index in [-0.39, 0.29) is 11.8 Å². The number of ether oxygens (including phenoxy) is 2. The van der Waals surface area contributed by atoms with E-state index in [1.165, 1.54) is 0 Å². The third kappa shape index (κ3) is 3.80. The van der Waals surface area contributed by atoms with Crippen LogP contribution in [0.25, 0.3) is 11.0 Å². The first-order valence-corrected chi connectivity index (χ1v) is 10.8. The average Bonchev–Trinajstić information content (AvgIpc) is 3.40. The zero-order valence-electron chi connectivity index (χ0n) is 18.0. The summed E-state index contributed by atoms with van der Waals surface area (Å²) in [5.41, 5.74) is 2.92. The van der Waals surface area contributed by atoms with Crippen molar-refractivity contribution < 1.29 is 14.3 Å². The number of hydrogen-bond donors (Lipinski definition) is 0. The van der Waals surface area contributed by atoms with Crippen molar-refractivity contribution in [2.75, 3.05) is 25.2 Å². The van der Waals surface area contributed by atoms with Gasteiger partial charge in [0.05, 0.1) is 24.7 Å². The molecule has 0 bridgehead atoms. The fourth-order valence-corrected chi connectivity index (χ4v) is 4.36. The van der Waals surface area contributed by atoms with Crippen molar-refractivity contribution in [3.8, 4) is 11.5 Å². The largest absolute Gasteiger partial charge is 0.493 e. The summed E-state index contributed by atoms with van der Waals surface area (Å²) in [6.07, 6.45) is 0.450. The third-order valence-electron chi connectivity index (χ3n) is 5.88. The molecule has 1 aliphatic heterocycles. The predicted molar refractivity (Wildman–Crippen MR) is 124 cm³/mol. The summed E-state index contributed by atoms with van der Waals surface area (Å²) in [7, 11) is 1.64. The molecule has 6 heteroatoms. The van der Waals surface area contributed by atoms with E-state index in [0.717, 1.165) is 22.5 Å². The molecule has 2 heterocycles. The van der Waals surface area contributed by atoms with Gasteiger partial charge in [-0.1, -0.05) is 42.5 Å². The topological polar surface area (TPSA) is 56.6 Å². The van der Waals surface area contributed by atoms with E-state index < -0.39 is 0 Å². The van der Waals surface area contributed by atoms with Crippen LogP contribution in [0.15, 0.2) is 78.9 Å². The van der Waals surface area contributed by atoms with Crippen molar-refractivity contribution in [1.82, 2.24) is 9.55 Å². The maximum atomic E-state index is 12.8. The maximum Gasteiger partial charge on any atom is 0.227 e. The molecule has 6 nitrogen and oxygen atoms in total. The van der Waals surface area contributed by atoms with Gasteiger partial charge in [-0.15, -0.1) is 0 Å². The van der Waals surface area contributed by atoms with E-state index in [0.29, 0.717) is 37.6 Å². The molecule has 0 radical (unpaired) electrons. The molecule has 1 saturated heterocycles. The predicted octanol–water partition coefficient (Wildman–Crippen LogP) is 4.64. The second-order valence-corrected chi connectivity index (χ2v) is 7.85. The number of para-hydroxylation sites is 5. The highest BCUT2D eigenvalue weighted by Gasteiger charge is 2.34. The first-order valence-electron chi connectivity index (χ1n) is 10.8. The van der Waals surface area contributed by atoms with Crippen LogP contribution in [0, 0.1) is 0 Å². The molecule has 162 valence electrons. The van der Waals surface area contributed by atoms with Gasteiger partial charge in [0.1, 0.15) is 12.4 Å². The number of imidazole rings is 1. The second-order valence-electron chi connectivity index (χ2n) is 7.85. The lowest BCUT2D eigenvalue weighted by Gasteiger charge is -2.17. The number of carbonyl (C=O) groups is 1. The van der Waals surface area contributed by atoms with Crippen molar-refractivity contribution in [1.29, 1.82) is 0 Å². The maximum absolute atomic E-state index is 12.8. The molecule has 1 atom stereocenters. The van der Waals surface area contributed by atoms with Crippen LogP contribution in [0.4, 0.5) is 5.69 Å². The molecule has 4 aromatic rings. The van der Waals surface area contributed by atoms with Crippen LogP contribution < -0.4 is 14.4 Å². The van der Waals surface area contributed by atoms with Crippen molar-refractivity contribution >= 4 is 22.6 Å². The summed E-state index contributed by atoms with van der Waals surface area (Å²) < 4.78 is 13.6. The van der Waals surface area contributed by atoms with Gasteiger partial charge < -0.3 is 18.9 Å². The van der Waals surface area contributed by atoms with Gasteiger partial charge in [0.25, 0.3) is 0 Å². The summed E-state index contributed by atoms with van der Waals surface area (Å²) in [6.45, 7) is 1.72. The monoisotopic (exact) mass is 427 g/mol. The first-order chi connectivity index (χ1) is 15.7. The Labute approximate surface area is 187 Å². The SMILES string of the molecule is COc1ccccc1OCCn1c(C2CC(=O)N(c3ccccc3)C2)nc2ccccc21. The highest BCUT2D eigenvalue weighted by atomic mass is 16.5. The van der Waals surface area contributed by atoms with Crippen LogP contribution >= 0.6 is 0 Å². The van der Waals surface area contributed by atoms with Gasteiger partial charge in [0, 0.05) is 24.6 Å². The molecule has 5 rings (SSSR count). The minimum absolute atomic E-state index is 0.0290. The number of fused-ring (bicyclic) bond motifs is 1. The number of benzene rings is 3. The van der Waals surface area contributed by atoms with Crippen molar-refractivity contribution in [3.05, 3.63) is 84.7 Å². The van der Waals surface area contributed by atoms with Crippen LogP contribution in [0.2, 0.25) is 0 Å². The molecule has 1 fully saturated rings. The molecule has 32 heavy (non-hydrogen) atoms. The molecule has 0 aliphatic carbocycles. The summed E-state index contributed by atoms with van der Waals surface area (Å²) in [5, 5.41) is 0. The smallest absolute Gasteiger partial charge is 0.227 e. The lowest BCUT2D eigenvalue weighted by Crippen LogP contribution is -2.24. The zero-order chi connectivity index (χ0) is 21.9. The third-order valence-corrected chi connectivity index (χ3v) is 5.88. The Hall–Kier alpha value is -3.80. The number of hydrogen-bond acceptors (Lipinski definition) is 4. The lowest BCUT2D eigenvalue weighted by atomic mass is 10.1. The summed E-state index contributed by atoms with van der Waals surface area (Å²) in [6, 6.07) is 25.6. The lowest BCUT2D eigenvalue weighted by molar-refractivity contribution is -0.117. The summed E-state index contributed by atoms with van der Waals surface area (Å²) in [4.78, 5) is 19.6. The molecule has 0 spiro atoms. The van der Waals surface area contributed by atoms with E-state index in [4.69, 9.17) is 14.5 Å². The van der Waals surface area contributed by atoms with E-state index in [1.54, 1.807) is 7.11 Å². The van der Waals surface area contributed by atoms with Crippen LogP contribution in [-0.2, 0) is 11.3 Å². The Morgan fingerprint density at radius 2 is 1.66 bits per heavy atom. The molecule has 1 amide bonds. The molecule has 1 aliphatic rings. The van der Waals surface area contributed by atoms with E-state index in [2.05, 4.69) is 10.6 Å². The zero-order valence-corrected chi connectivity index (χ0v) is 18.0. The van der Waals surface area contributed by atoms with Crippen LogP contribution in [-0.4, -0.2) is 35.7 Å². The summed E-state index contributed by atoms with van der Waals surface area (Å²) in [5.74, 6) is 2.52. The number of aromatic nitrogens is 2. The molecular weight excluding hydrogens is 402 g/mol. The Morgan fingerprint density at radius 1 is 0.938 bits per heavy atom. The Kier molecular flexibility index (Phi) is 5.50. The number of carbonyl (C=O) groups excluding carboxylic acids is 1. The molecule has 0 saturated carbocycles. The van der Waals surface area contributed by atoms with Crippen LogP contribution in [0.1, 0.15) is 18.2 Å². The van der Waals surface area contributed by atoms with Gasteiger partial charge in [0.15, 0.2) is 11.5 Å². The first kappa shape index (κ1) is 20.1. The number of methoxy groups -OCH3 is 1. The minimum Gasteiger partial charge on any atom is -0.493 e. The van der Waals surface area contributed by atoms with E-state index in [1.807, 2.05) is 77.7 Å². The molecule has 0 N–H and O–H groups in total. The fourth-order valence-electron chi connectivity index (χ4n) is 4.36. The summed E-state index contributed by atoms with van der Waals surface area (Å²) >= 11 is 0. The number of nitrogens with zero attached hydrogens (tertiary/aromatic N) is 3. The highest BCUT2D eigenvalue weighted by Crippen LogP contribution is 2.33. The van der Waals surface area contributed by atoms with Crippen molar-refractivity contribution in [2.24, 2.45) is 0 Å². The fraction of sp³-hybridized carbons (Fsp3) is 0.231. The van der Waals surface area contributed by atoms with Gasteiger partial charge >= 0.3 is 0 Å². The Bertz CT molecular complexity index is 1240. The van der Waals surface area contributed by atoms with Gasteiger partial charge in [-0.05, 0) is 36.4 Å². The Morgan fingerprint density at radius 3 is 2.47 bits per heavy atom. The number of amides is 1. The van der Waals surface area contributed by atoms with Gasteiger partial charge in [0.2, 0.25) is 5.91 Å². The van der Waals surface area contributed by atoms with Gasteiger partial charge in [-0.3, -0.25) is 4.79 Å². The molecule has 1 unspecified atom stereocenters. The number of rotatable bonds is 7. The van der Waals surface area contributed by atoms with Crippen LogP contribution in [0.3, 0.4) is 0 Å². The molecule has 3 aromatic carbocycles. The van der Waals surface area contributed by atoms with Crippen molar-refractivity contribution in [2.45, 2.75) is 18.9 Å². The standard InChI is InChI=1S/C26H25N3O3/c1-31-23-13-7-8-14-24(23)32-16-15-28-22-12-6-5-11-21(22)27-26(28)19-17-25(30)29(18-19)20-9-3-2-4-10-20/h2-14,19H,15-18H2,1H3. The normalized spacial score (nSPS) is 16.0. The quantitative estimate of drug-likeness (QED) is 0.431. The van der Waals surface area contributed by atoms with Gasteiger partial charge in [-0.25, -0.2) is 4.98 Å². The molecular formula is C26H25N3O3.